The summed E-state index contributed by atoms with van der Waals surface area (Å²) in [7, 11) is 0. The van der Waals surface area contributed by atoms with Gasteiger partial charge < -0.3 is 5.32 Å². The molecule has 14 heavy (non-hydrogen) atoms. The molecule has 1 atom stereocenters. The molecule has 3 heteroatoms. The van der Waals surface area contributed by atoms with Crippen molar-refractivity contribution in [1.29, 1.82) is 0 Å². The molecular weight excluding hydrogens is 197 g/mol. The van der Waals surface area contributed by atoms with E-state index in [0.717, 1.165) is 24.3 Å². The van der Waals surface area contributed by atoms with Gasteiger partial charge in [0.2, 0.25) is 0 Å². The highest BCUT2D eigenvalue weighted by molar-refractivity contribution is 7.99. The number of halogens is 1. The molecule has 0 aliphatic carbocycles. The van der Waals surface area contributed by atoms with Gasteiger partial charge in [-0.1, -0.05) is 6.92 Å². The lowest BCUT2D eigenvalue weighted by Gasteiger charge is -2.25. The first-order valence-corrected chi connectivity index (χ1v) is 5.95. The van der Waals surface area contributed by atoms with Crippen molar-refractivity contribution in [3.63, 3.8) is 0 Å². The van der Waals surface area contributed by atoms with Crippen LogP contribution in [0.15, 0.2) is 23.1 Å². The molecule has 1 N–H and O–H groups in total. The fraction of sp³-hybridized carbons (Fsp3) is 0.455. The Kier molecular flexibility index (Phi) is 3.08. The molecule has 1 aliphatic heterocycles. The Hall–Kier alpha value is -0.540. The third-order valence-electron chi connectivity index (χ3n) is 2.46. The highest BCUT2D eigenvalue weighted by atomic mass is 32.2. The zero-order valence-corrected chi connectivity index (χ0v) is 9.03. The lowest BCUT2D eigenvalue weighted by atomic mass is 10.0. The summed E-state index contributed by atoms with van der Waals surface area (Å²) in [5.74, 6) is 0.991. The summed E-state index contributed by atoms with van der Waals surface area (Å²) in [6.07, 6.45) is 1.09. The largest absolute Gasteiger partial charge is 0.310 e. The van der Waals surface area contributed by atoms with Crippen LogP contribution in [0.3, 0.4) is 0 Å². The maximum atomic E-state index is 13.1. The van der Waals surface area contributed by atoms with E-state index in [1.165, 1.54) is 4.90 Å². The summed E-state index contributed by atoms with van der Waals surface area (Å²) in [5.41, 5.74) is 1.13. The number of thioether (sulfide) groups is 1. The number of benzene rings is 1. The lowest BCUT2D eigenvalue weighted by molar-refractivity contribution is 0.521. The van der Waals surface area contributed by atoms with Gasteiger partial charge in [-0.05, 0) is 42.5 Å². The normalized spacial score (nSPS) is 20.6. The Morgan fingerprint density at radius 2 is 2.43 bits per heavy atom. The van der Waals surface area contributed by atoms with Gasteiger partial charge in [-0.15, -0.1) is 11.8 Å². The van der Waals surface area contributed by atoms with E-state index >= 15 is 0 Å². The molecule has 1 heterocycles. The van der Waals surface area contributed by atoms with Crippen LogP contribution < -0.4 is 5.32 Å². The monoisotopic (exact) mass is 211 g/mol. The third kappa shape index (κ3) is 1.93. The van der Waals surface area contributed by atoms with Crippen LogP contribution >= 0.6 is 11.8 Å². The molecule has 1 nitrogen and oxygen atoms in total. The van der Waals surface area contributed by atoms with Crippen molar-refractivity contribution in [3.05, 3.63) is 29.6 Å². The van der Waals surface area contributed by atoms with Gasteiger partial charge in [0.1, 0.15) is 5.82 Å². The van der Waals surface area contributed by atoms with Crippen LogP contribution in [0.4, 0.5) is 4.39 Å². The molecule has 1 aromatic carbocycles. The smallest absolute Gasteiger partial charge is 0.123 e. The number of rotatable bonds is 2. The quantitative estimate of drug-likeness (QED) is 0.807. The van der Waals surface area contributed by atoms with Crippen LogP contribution in [0.25, 0.3) is 0 Å². The van der Waals surface area contributed by atoms with E-state index in [2.05, 4.69) is 12.2 Å². The van der Waals surface area contributed by atoms with E-state index in [4.69, 9.17) is 0 Å². The molecule has 0 fully saturated rings. The molecule has 0 spiro atoms. The number of nitrogens with one attached hydrogen (secondary N) is 1. The first kappa shape index (κ1) is 9.99. The average molecular weight is 211 g/mol. The Bertz CT molecular complexity index is 327. The van der Waals surface area contributed by atoms with Crippen molar-refractivity contribution in [2.24, 2.45) is 0 Å². The number of hydrogen-bond acceptors (Lipinski definition) is 2. The van der Waals surface area contributed by atoms with Crippen LogP contribution in [0.1, 0.15) is 24.9 Å². The van der Waals surface area contributed by atoms with Gasteiger partial charge in [0.05, 0.1) is 0 Å². The summed E-state index contributed by atoms with van der Waals surface area (Å²) in [5, 5.41) is 3.39. The van der Waals surface area contributed by atoms with Crippen molar-refractivity contribution in [2.75, 3.05) is 12.3 Å². The third-order valence-corrected chi connectivity index (χ3v) is 3.58. The fourth-order valence-electron chi connectivity index (χ4n) is 1.82. The minimum Gasteiger partial charge on any atom is -0.310 e. The predicted octanol–water partition coefficient (Wildman–Crippen LogP) is 2.97. The maximum absolute atomic E-state index is 13.1. The van der Waals surface area contributed by atoms with Gasteiger partial charge in [-0.25, -0.2) is 4.39 Å². The van der Waals surface area contributed by atoms with Crippen LogP contribution in [-0.4, -0.2) is 12.3 Å². The van der Waals surface area contributed by atoms with Gasteiger partial charge in [-0.3, -0.25) is 0 Å². The summed E-state index contributed by atoms with van der Waals surface area (Å²) in [6.45, 7) is 3.02. The van der Waals surface area contributed by atoms with Crippen LogP contribution in [-0.2, 0) is 0 Å². The standard InChI is InChI=1S/C11H14FNS/c1-2-13-10-5-6-14-11-4-3-8(12)7-9(10)11/h3-4,7,10,13H,2,5-6H2,1H3. The van der Waals surface area contributed by atoms with Crippen LogP contribution in [0.2, 0.25) is 0 Å². The topological polar surface area (TPSA) is 12.0 Å². The zero-order chi connectivity index (χ0) is 9.97. The van der Waals surface area contributed by atoms with Gasteiger partial charge >= 0.3 is 0 Å². The molecular formula is C11H14FNS. The van der Waals surface area contributed by atoms with E-state index in [1.54, 1.807) is 12.1 Å². The zero-order valence-electron chi connectivity index (χ0n) is 8.22. The molecule has 0 amide bonds. The minimum atomic E-state index is -0.130. The van der Waals surface area contributed by atoms with E-state index in [-0.39, 0.29) is 5.82 Å². The molecule has 0 radical (unpaired) electrons. The predicted molar refractivity (Wildman–Crippen MR) is 58.2 cm³/mol. The minimum absolute atomic E-state index is 0.130. The molecule has 1 unspecified atom stereocenters. The Morgan fingerprint density at radius 3 is 3.21 bits per heavy atom. The second-order valence-electron chi connectivity index (χ2n) is 3.43. The first-order valence-electron chi connectivity index (χ1n) is 4.97. The molecule has 76 valence electrons. The average Bonchev–Trinajstić information content (AvgIpc) is 2.19. The summed E-state index contributed by atoms with van der Waals surface area (Å²) in [4.78, 5) is 1.23. The summed E-state index contributed by atoms with van der Waals surface area (Å²) < 4.78 is 13.1. The van der Waals surface area contributed by atoms with Crippen LogP contribution in [0.5, 0.6) is 0 Å². The molecule has 0 aromatic heterocycles. The van der Waals surface area contributed by atoms with E-state index < -0.39 is 0 Å². The molecule has 0 bridgehead atoms. The van der Waals surface area contributed by atoms with E-state index in [9.17, 15) is 4.39 Å². The molecule has 0 saturated heterocycles. The molecule has 0 saturated carbocycles. The van der Waals surface area contributed by atoms with Crippen molar-refractivity contribution in [1.82, 2.24) is 5.32 Å². The Balaban J connectivity index is 2.32. The first-order chi connectivity index (χ1) is 6.81. The van der Waals surface area contributed by atoms with Crippen molar-refractivity contribution >= 4 is 11.8 Å². The lowest BCUT2D eigenvalue weighted by Crippen LogP contribution is -2.24. The van der Waals surface area contributed by atoms with Gasteiger partial charge in [0, 0.05) is 10.9 Å². The molecule has 1 aliphatic rings. The summed E-state index contributed by atoms with van der Waals surface area (Å²) >= 11 is 1.82. The number of hydrogen-bond donors (Lipinski definition) is 1. The van der Waals surface area contributed by atoms with Gasteiger partial charge in [0.15, 0.2) is 0 Å². The Labute approximate surface area is 88.1 Å². The van der Waals surface area contributed by atoms with E-state index in [0.29, 0.717) is 6.04 Å². The highest BCUT2D eigenvalue weighted by Gasteiger charge is 2.19. The SMILES string of the molecule is CCNC1CCSc2ccc(F)cc21. The van der Waals surface area contributed by atoms with Gasteiger partial charge in [-0.2, -0.15) is 0 Å². The number of fused-ring (bicyclic) bond motifs is 1. The van der Waals surface area contributed by atoms with Crippen molar-refractivity contribution < 1.29 is 4.39 Å². The fourth-order valence-corrected chi connectivity index (χ4v) is 2.93. The van der Waals surface area contributed by atoms with Crippen molar-refractivity contribution in [3.8, 4) is 0 Å². The van der Waals surface area contributed by atoms with Crippen LogP contribution in [0, 0.1) is 5.82 Å². The van der Waals surface area contributed by atoms with Gasteiger partial charge in [0.25, 0.3) is 0 Å². The molecule has 2 rings (SSSR count). The highest BCUT2D eigenvalue weighted by Crippen LogP contribution is 2.36. The van der Waals surface area contributed by atoms with Crippen molar-refractivity contribution in [2.45, 2.75) is 24.3 Å². The second-order valence-corrected chi connectivity index (χ2v) is 4.57. The van der Waals surface area contributed by atoms with E-state index in [1.807, 2.05) is 17.8 Å². The summed E-state index contributed by atoms with van der Waals surface area (Å²) in [6, 6.07) is 5.43. The second kappa shape index (κ2) is 4.32. The Morgan fingerprint density at radius 1 is 1.57 bits per heavy atom. The molecule has 1 aromatic rings. The maximum Gasteiger partial charge on any atom is 0.123 e.